The average Bonchev–Trinajstić information content (AvgIpc) is 3.11. The monoisotopic (exact) mass is 265 g/mol. The lowest BCUT2D eigenvalue weighted by molar-refractivity contribution is 0.163. The van der Waals surface area contributed by atoms with Crippen molar-refractivity contribution in [3.05, 3.63) is 11.9 Å². The van der Waals surface area contributed by atoms with E-state index < -0.39 is 0 Å². The lowest BCUT2D eigenvalue weighted by atomic mass is 10.1. The number of methoxy groups -OCH3 is 1. The molecule has 2 unspecified atom stereocenters. The van der Waals surface area contributed by atoms with E-state index in [4.69, 9.17) is 4.74 Å². The summed E-state index contributed by atoms with van der Waals surface area (Å²) in [7, 11) is 1.75. The number of hydrogen-bond acceptors (Lipinski definition) is 3. The van der Waals surface area contributed by atoms with Gasteiger partial charge in [-0.2, -0.15) is 0 Å². The Morgan fingerprint density at radius 1 is 1.53 bits per heavy atom. The fourth-order valence-corrected chi connectivity index (χ4v) is 2.55. The van der Waals surface area contributed by atoms with Gasteiger partial charge in [-0.05, 0) is 32.6 Å². The number of nitrogens with one attached hydrogen (secondary N) is 1. The lowest BCUT2D eigenvalue weighted by Crippen LogP contribution is -2.23. The van der Waals surface area contributed by atoms with Crippen molar-refractivity contribution >= 4 is 5.95 Å². The zero-order chi connectivity index (χ0) is 13.8. The molecule has 1 aliphatic rings. The SMILES string of the molecule is CCC(CC1CC1)Nc1nc(C)cn1C(C)COC. The van der Waals surface area contributed by atoms with E-state index in [-0.39, 0.29) is 0 Å². The Bertz CT molecular complexity index is 398. The second-order valence-electron chi connectivity index (χ2n) is 5.85. The molecule has 1 heterocycles. The van der Waals surface area contributed by atoms with Gasteiger partial charge in [0, 0.05) is 19.3 Å². The third kappa shape index (κ3) is 3.96. The van der Waals surface area contributed by atoms with E-state index in [2.05, 4.69) is 34.9 Å². The van der Waals surface area contributed by atoms with E-state index in [1.807, 2.05) is 6.92 Å². The number of imidazole rings is 1. The molecule has 0 radical (unpaired) electrons. The first-order valence-corrected chi connectivity index (χ1v) is 7.45. The first-order chi connectivity index (χ1) is 9.13. The molecule has 2 atom stereocenters. The Morgan fingerprint density at radius 2 is 2.26 bits per heavy atom. The van der Waals surface area contributed by atoms with E-state index in [0.29, 0.717) is 18.7 Å². The van der Waals surface area contributed by atoms with Crippen LogP contribution < -0.4 is 5.32 Å². The van der Waals surface area contributed by atoms with Crippen LogP contribution in [0.2, 0.25) is 0 Å². The van der Waals surface area contributed by atoms with Crippen molar-refractivity contribution in [3.8, 4) is 0 Å². The Labute approximate surface area is 116 Å². The number of hydrogen-bond donors (Lipinski definition) is 1. The molecule has 1 aromatic heterocycles. The molecule has 1 aliphatic carbocycles. The van der Waals surface area contributed by atoms with Crippen LogP contribution in [0.3, 0.4) is 0 Å². The normalized spacial score (nSPS) is 18.3. The first kappa shape index (κ1) is 14.4. The topological polar surface area (TPSA) is 39.1 Å². The van der Waals surface area contributed by atoms with E-state index in [1.165, 1.54) is 19.3 Å². The van der Waals surface area contributed by atoms with E-state index >= 15 is 0 Å². The fraction of sp³-hybridized carbons (Fsp3) is 0.800. The maximum Gasteiger partial charge on any atom is 0.203 e. The molecule has 0 bridgehead atoms. The third-order valence-electron chi connectivity index (χ3n) is 3.88. The van der Waals surface area contributed by atoms with Gasteiger partial charge in [0.1, 0.15) is 0 Å². The molecule has 0 amide bonds. The van der Waals surface area contributed by atoms with E-state index in [1.54, 1.807) is 7.11 Å². The van der Waals surface area contributed by atoms with Crippen LogP contribution in [0.5, 0.6) is 0 Å². The highest BCUT2D eigenvalue weighted by molar-refractivity contribution is 5.31. The number of nitrogens with zero attached hydrogens (tertiary/aromatic N) is 2. The summed E-state index contributed by atoms with van der Waals surface area (Å²) in [5.41, 5.74) is 1.06. The van der Waals surface area contributed by atoms with Gasteiger partial charge in [-0.1, -0.05) is 19.8 Å². The molecule has 0 saturated heterocycles. The van der Waals surface area contributed by atoms with Crippen molar-refractivity contribution in [2.45, 2.75) is 58.5 Å². The van der Waals surface area contributed by atoms with Crippen LogP contribution in [0.15, 0.2) is 6.20 Å². The quantitative estimate of drug-likeness (QED) is 0.783. The van der Waals surface area contributed by atoms with E-state index in [9.17, 15) is 0 Å². The predicted octanol–water partition coefficient (Wildman–Crippen LogP) is 3.39. The van der Waals surface area contributed by atoms with Gasteiger partial charge in [0.15, 0.2) is 0 Å². The second kappa shape index (κ2) is 6.42. The number of ether oxygens (including phenoxy) is 1. The number of rotatable bonds is 8. The Hall–Kier alpha value is -1.03. The smallest absolute Gasteiger partial charge is 0.203 e. The number of anilines is 1. The van der Waals surface area contributed by atoms with Gasteiger partial charge in [0.25, 0.3) is 0 Å². The Kier molecular flexibility index (Phi) is 4.86. The van der Waals surface area contributed by atoms with Crippen molar-refractivity contribution in [2.75, 3.05) is 19.0 Å². The molecular weight excluding hydrogens is 238 g/mol. The molecule has 1 saturated carbocycles. The summed E-state index contributed by atoms with van der Waals surface area (Å²) in [6, 6.07) is 0.856. The molecule has 19 heavy (non-hydrogen) atoms. The van der Waals surface area contributed by atoms with Gasteiger partial charge in [0.2, 0.25) is 5.95 Å². The van der Waals surface area contributed by atoms with Gasteiger partial charge < -0.3 is 14.6 Å². The second-order valence-corrected chi connectivity index (χ2v) is 5.85. The maximum absolute atomic E-state index is 5.25. The zero-order valence-electron chi connectivity index (χ0n) is 12.6. The summed E-state index contributed by atoms with van der Waals surface area (Å²) in [5.74, 6) is 1.94. The first-order valence-electron chi connectivity index (χ1n) is 7.45. The molecule has 0 aromatic carbocycles. The molecule has 0 aliphatic heterocycles. The standard InChI is InChI=1S/C15H27N3O/c1-5-14(8-13-6-7-13)17-15-16-11(2)9-18(15)12(3)10-19-4/h9,12-14H,5-8,10H2,1-4H3,(H,16,17). The van der Waals surface area contributed by atoms with Crippen LogP contribution in [-0.2, 0) is 4.74 Å². The summed E-state index contributed by atoms with van der Waals surface area (Å²) in [5, 5.41) is 3.63. The molecule has 4 nitrogen and oxygen atoms in total. The highest BCUT2D eigenvalue weighted by Crippen LogP contribution is 2.34. The van der Waals surface area contributed by atoms with Crippen LogP contribution in [0.1, 0.15) is 51.3 Å². The summed E-state index contributed by atoms with van der Waals surface area (Å²) in [4.78, 5) is 4.63. The zero-order valence-corrected chi connectivity index (χ0v) is 12.6. The van der Waals surface area contributed by atoms with Crippen molar-refractivity contribution in [1.29, 1.82) is 0 Å². The van der Waals surface area contributed by atoms with Crippen molar-refractivity contribution in [3.63, 3.8) is 0 Å². The van der Waals surface area contributed by atoms with Crippen molar-refractivity contribution in [2.24, 2.45) is 5.92 Å². The van der Waals surface area contributed by atoms with Crippen LogP contribution in [0.4, 0.5) is 5.95 Å². The predicted molar refractivity (Wildman–Crippen MR) is 78.6 cm³/mol. The third-order valence-corrected chi connectivity index (χ3v) is 3.88. The van der Waals surface area contributed by atoms with E-state index in [0.717, 1.165) is 24.0 Å². The number of aromatic nitrogens is 2. The van der Waals surface area contributed by atoms with Gasteiger partial charge in [0.05, 0.1) is 18.3 Å². The van der Waals surface area contributed by atoms with Crippen LogP contribution in [0.25, 0.3) is 0 Å². The molecule has 1 fully saturated rings. The van der Waals surface area contributed by atoms with Gasteiger partial charge in [-0.25, -0.2) is 4.98 Å². The Morgan fingerprint density at radius 3 is 2.84 bits per heavy atom. The van der Waals surface area contributed by atoms with Gasteiger partial charge in [-0.15, -0.1) is 0 Å². The highest BCUT2D eigenvalue weighted by atomic mass is 16.5. The maximum atomic E-state index is 5.25. The van der Waals surface area contributed by atoms with Crippen LogP contribution in [0, 0.1) is 12.8 Å². The van der Waals surface area contributed by atoms with Crippen LogP contribution >= 0.6 is 0 Å². The molecule has 4 heteroatoms. The minimum absolute atomic E-state index is 0.312. The molecule has 2 rings (SSSR count). The average molecular weight is 265 g/mol. The van der Waals surface area contributed by atoms with Gasteiger partial charge in [-0.3, -0.25) is 0 Å². The molecule has 1 N–H and O–H groups in total. The lowest BCUT2D eigenvalue weighted by Gasteiger charge is -2.21. The molecular formula is C15H27N3O. The molecule has 1 aromatic rings. The summed E-state index contributed by atoms with van der Waals surface area (Å²) < 4.78 is 7.45. The summed E-state index contributed by atoms with van der Waals surface area (Å²) >= 11 is 0. The molecule has 108 valence electrons. The summed E-state index contributed by atoms with van der Waals surface area (Å²) in [6.07, 6.45) is 7.36. The van der Waals surface area contributed by atoms with Crippen molar-refractivity contribution < 1.29 is 4.74 Å². The minimum atomic E-state index is 0.312. The largest absolute Gasteiger partial charge is 0.383 e. The fourth-order valence-electron chi connectivity index (χ4n) is 2.55. The highest BCUT2D eigenvalue weighted by Gasteiger charge is 2.25. The van der Waals surface area contributed by atoms with Gasteiger partial charge >= 0.3 is 0 Å². The summed E-state index contributed by atoms with van der Waals surface area (Å²) in [6.45, 7) is 7.17. The minimum Gasteiger partial charge on any atom is -0.383 e. The van der Waals surface area contributed by atoms with Crippen molar-refractivity contribution in [1.82, 2.24) is 9.55 Å². The van der Waals surface area contributed by atoms with Crippen LogP contribution in [-0.4, -0.2) is 29.3 Å². The Balaban J connectivity index is 2.04. The molecule has 0 spiro atoms. The number of aryl methyl sites for hydroxylation is 1.